The second-order valence-electron chi connectivity index (χ2n) is 5.16. The first-order valence-electron chi connectivity index (χ1n) is 5.65. The normalized spacial score (nSPS) is 11.8. The molecule has 0 aliphatic heterocycles. The van der Waals surface area contributed by atoms with Crippen LogP contribution in [0.2, 0.25) is 0 Å². The highest BCUT2D eigenvalue weighted by atomic mass is 79.9. The maximum absolute atomic E-state index is 12.2. The smallest absolute Gasteiger partial charge is 0.419 e. The molecule has 0 N–H and O–H groups in total. The van der Waals surface area contributed by atoms with E-state index in [9.17, 15) is 4.79 Å². The number of carbonyl (C=O) groups is 1. The largest absolute Gasteiger partial charge is 0.443 e. The number of pyridine rings is 1. The Labute approximate surface area is 114 Å². The number of rotatable bonds is 0. The van der Waals surface area contributed by atoms with E-state index >= 15 is 0 Å². The summed E-state index contributed by atoms with van der Waals surface area (Å²) in [6.45, 7) is 7.40. The molecular formula is C13H15BrN2O2. The van der Waals surface area contributed by atoms with Crippen LogP contribution >= 0.6 is 15.9 Å². The molecule has 0 saturated heterocycles. The van der Waals surface area contributed by atoms with Gasteiger partial charge in [-0.05, 0) is 55.8 Å². The van der Waals surface area contributed by atoms with Gasteiger partial charge in [-0.25, -0.2) is 9.36 Å². The van der Waals surface area contributed by atoms with Gasteiger partial charge in [-0.2, -0.15) is 0 Å². The van der Waals surface area contributed by atoms with Crippen LogP contribution < -0.4 is 0 Å². The standard InChI is InChI=1S/C13H15BrN2O2/c1-8-5-10-11(6-9(14)7-15-10)16(8)12(17)18-13(2,3)4/h5-7H,1-4H3. The molecule has 0 aliphatic rings. The SMILES string of the molecule is Cc1cc2ncc(Br)cc2n1C(=O)OC(C)(C)C. The van der Waals surface area contributed by atoms with Crippen LogP contribution in [0.25, 0.3) is 11.0 Å². The Morgan fingerprint density at radius 2 is 2.06 bits per heavy atom. The van der Waals surface area contributed by atoms with Crippen LogP contribution in [0, 0.1) is 6.92 Å². The van der Waals surface area contributed by atoms with Gasteiger partial charge in [0.15, 0.2) is 0 Å². The van der Waals surface area contributed by atoms with Crippen LogP contribution in [0.3, 0.4) is 0 Å². The second-order valence-corrected chi connectivity index (χ2v) is 6.08. The minimum atomic E-state index is -0.514. The predicted molar refractivity (Wildman–Crippen MR) is 73.8 cm³/mol. The number of halogens is 1. The molecule has 18 heavy (non-hydrogen) atoms. The third-order valence-electron chi connectivity index (χ3n) is 2.38. The molecule has 0 aromatic carbocycles. The Bertz CT molecular complexity index is 611. The van der Waals surface area contributed by atoms with Gasteiger partial charge >= 0.3 is 6.09 Å². The molecule has 2 rings (SSSR count). The molecule has 0 saturated carbocycles. The molecule has 0 aliphatic carbocycles. The molecular weight excluding hydrogens is 296 g/mol. The van der Waals surface area contributed by atoms with E-state index < -0.39 is 5.60 Å². The zero-order valence-electron chi connectivity index (χ0n) is 10.8. The van der Waals surface area contributed by atoms with E-state index in [-0.39, 0.29) is 6.09 Å². The first-order valence-corrected chi connectivity index (χ1v) is 6.44. The highest BCUT2D eigenvalue weighted by molar-refractivity contribution is 9.10. The van der Waals surface area contributed by atoms with E-state index in [0.717, 1.165) is 21.2 Å². The van der Waals surface area contributed by atoms with E-state index in [2.05, 4.69) is 20.9 Å². The molecule has 2 heterocycles. The molecule has 2 aromatic heterocycles. The lowest BCUT2D eigenvalue weighted by Crippen LogP contribution is -2.27. The van der Waals surface area contributed by atoms with Gasteiger partial charge in [0.2, 0.25) is 0 Å². The van der Waals surface area contributed by atoms with Crippen molar-refractivity contribution >= 4 is 33.1 Å². The van der Waals surface area contributed by atoms with E-state index in [0.29, 0.717) is 0 Å². The van der Waals surface area contributed by atoms with Crippen LogP contribution in [0.1, 0.15) is 26.5 Å². The molecule has 96 valence electrons. The van der Waals surface area contributed by atoms with E-state index in [1.54, 1.807) is 10.8 Å². The number of hydrogen-bond acceptors (Lipinski definition) is 3. The fourth-order valence-electron chi connectivity index (χ4n) is 1.73. The summed E-state index contributed by atoms with van der Waals surface area (Å²) in [5.41, 5.74) is 1.82. The highest BCUT2D eigenvalue weighted by Crippen LogP contribution is 2.22. The third kappa shape index (κ3) is 2.56. The summed E-state index contributed by atoms with van der Waals surface area (Å²) in [5, 5.41) is 0. The molecule has 0 amide bonds. The molecule has 4 nitrogen and oxygen atoms in total. The highest BCUT2D eigenvalue weighted by Gasteiger charge is 2.21. The summed E-state index contributed by atoms with van der Waals surface area (Å²) in [4.78, 5) is 16.4. The third-order valence-corrected chi connectivity index (χ3v) is 2.81. The zero-order chi connectivity index (χ0) is 13.5. The lowest BCUT2D eigenvalue weighted by Gasteiger charge is -2.20. The quantitative estimate of drug-likeness (QED) is 0.741. The summed E-state index contributed by atoms with van der Waals surface area (Å²) in [6, 6.07) is 3.73. The topological polar surface area (TPSA) is 44.1 Å². The first-order chi connectivity index (χ1) is 8.28. The Balaban J connectivity index is 2.53. The van der Waals surface area contributed by atoms with Crippen LogP contribution in [0.5, 0.6) is 0 Å². The predicted octanol–water partition coefficient (Wildman–Crippen LogP) is 3.89. The minimum absolute atomic E-state index is 0.380. The van der Waals surface area contributed by atoms with E-state index in [1.165, 1.54) is 0 Å². The maximum atomic E-state index is 12.2. The van der Waals surface area contributed by atoms with Gasteiger partial charge in [0.05, 0.1) is 11.0 Å². The van der Waals surface area contributed by atoms with Gasteiger partial charge in [0.1, 0.15) is 5.60 Å². The second kappa shape index (κ2) is 4.39. The molecule has 0 bridgehead atoms. The van der Waals surface area contributed by atoms with Gasteiger partial charge in [-0.15, -0.1) is 0 Å². The number of aromatic nitrogens is 2. The molecule has 0 radical (unpaired) electrons. The average Bonchev–Trinajstić information content (AvgIpc) is 2.50. The van der Waals surface area contributed by atoms with Gasteiger partial charge < -0.3 is 4.74 Å². The lowest BCUT2D eigenvalue weighted by molar-refractivity contribution is 0.0541. The van der Waals surface area contributed by atoms with Crippen LogP contribution in [-0.2, 0) is 4.74 Å². The average molecular weight is 311 g/mol. The Hall–Kier alpha value is -1.36. The van der Waals surface area contributed by atoms with Crippen molar-refractivity contribution in [3.63, 3.8) is 0 Å². The van der Waals surface area contributed by atoms with Gasteiger partial charge in [0, 0.05) is 16.4 Å². The molecule has 0 unspecified atom stereocenters. The van der Waals surface area contributed by atoms with Crippen LogP contribution in [0.4, 0.5) is 4.79 Å². The van der Waals surface area contributed by atoms with Crippen LogP contribution in [0.15, 0.2) is 22.8 Å². The van der Waals surface area contributed by atoms with E-state index in [1.807, 2.05) is 39.8 Å². The molecule has 0 spiro atoms. The van der Waals surface area contributed by atoms with Gasteiger partial charge in [-0.3, -0.25) is 4.98 Å². The number of nitrogens with zero attached hydrogens (tertiary/aromatic N) is 2. The van der Waals surface area contributed by atoms with Crippen LogP contribution in [-0.4, -0.2) is 21.2 Å². The Morgan fingerprint density at radius 1 is 1.39 bits per heavy atom. The number of ether oxygens (including phenoxy) is 1. The van der Waals surface area contributed by atoms with Gasteiger partial charge in [0.25, 0.3) is 0 Å². The number of fused-ring (bicyclic) bond motifs is 1. The van der Waals surface area contributed by atoms with Crippen molar-refractivity contribution in [1.29, 1.82) is 0 Å². The van der Waals surface area contributed by atoms with Crippen molar-refractivity contribution in [3.05, 3.63) is 28.5 Å². The molecule has 0 fully saturated rings. The van der Waals surface area contributed by atoms with Crippen molar-refractivity contribution in [3.8, 4) is 0 Å². The lowest BCUT2D eigenvalue weighted by atomic mass is 10.2. The fourth-order valence-corrected chi connectivity index (χ4v) is 2.05. The number of hydrogen-bond donors (Lipinski definition) is 0. The maximum Gasteiger partial charge on any atom is 0.419 e. The fraction of sp³-hybridized carbons (Fsp3) is 0.385. The van der Waals surface area contributed by atoms with Crippen molar-refractivity contribution < 1.29 is 9.53 Å². The minimum Gasteiger partial charge on any atom is -0.443 e. The van der Waals surface area contributed by atoms with Crippen molar-refractivity contribution in [2.75, 3.05) is 0 Å². The van der Waals surface area contributed by atoms with Crippen molar-refractivity contribution in [1.82, 2.24) is 9.55 Å². The monoisotopic (exact) mass is 310 g/mol. The summed E-state index contributed by atoms with van der Waals surface area (Å²) in [7, 11) is 0. The summed E-state index contributed by atoms with van der Waals surface area (Å²) < 4.78 is 7.76. The zero-order valence-corrected chi connectivity index (χ0v) is 12.4. The number of carbonyl (C=O) groups excluding carboxylic acids is 1. The van der Waals surface area contributed by atoms with Gasteiger partial charge in [-0.1, -0.05) is 0 Å². The number of aryl methyl sites for hydroxylation is 1. The summed E-state index contributed by atoms with van der Waals surface area (Å²) in [6.07, 6.45) is 1.33. The van der Waals surface area contributed by atoms with E-state index in [4.69, 9.17) is 4.74 Å². The molecule has 2 aromatic rings. The summed E-state index contributed by atoms with van der Waals surface area (Å²) in [5.74, 6) is 0. The Morgan fingerprint density at radius 3 is 2.67 bits per heavy atom. The first kappa shape index (κ1) is 13.1. The van der Waals surface area contributed by atoms with Crippen molar-refractivity contribution in [2.45, 2.75) is 33.3 Å². The molecule has 5 heteroatoms. The molecule has 0 atom stereocenters. The van der Waals surface area contributed by atoms with Crippen molar-refractivity contribution in [2.24, 2.45) is 0 Å². The summed E-state index contributed by atoms with van der Waals surface area (Å²) >= 11 is 3.36. The Kier molecular flexibility index (Phi) is 3.19.